The Morgan fingerprint density at radius 2 is 1.96 bits per heavy atom. The zero-order valence-electron chi connectivity index (χ0n) is 15.0. The molecule has 1 unspecified atom stereocenters. The van der Waals surface area contributed by atoms with E-state index in [0.29, 0.717) is 42.7 Å². The molecular weight excluding hydrogens is 344 g/mol. The molecule has 2 aromatic carbocycles. The Hall–Kier alpha value is -3.19. The first kappa shape index (κ1) is 17.2. The Kier molecular flexibility index (Phi) is 4.84. The van der Waals surface area contributed by atoms with Crippen molar-refractivity contribution in [2.45, 2.75) is 6.04 Å². The quantitative estimate of drug-likeness (QED) is 0.766. The second-order valence-electron chi connectivity index (χ2n) is 6.24. The van der Waals surface area contributed by atoms with Crippen molar-refractivity contribution in [2.24, 2.45) is 0 Å². The molecular formula is C20H20N4O3. The van der Waals surface area contributed by atoms with Crippen LogP contribution in [0.15, 0.2) is 59.1 Å². The first-order valence-electron chi connectivity index (χ1n) is 8.81. The van der Waals surface area contributed by atoms with E-state index in [-0.39, 0.29) is 11.9 Å². The maximum atomic E-state index is 13.2. The molecule has 1 aliphatic rings. The van der Waals surface area contributed by atoms with Gasteiger partial charge in [0, 0.05) is 25.2 Å². The van der Waals surface area contributed by atoms with Gasteiger partial charge in [0.15, 0.2) is 0 Å². The molecule has 3 aromatic rings. The number of carbonyl (C=O) groups excluding carboxylic acids is 1. The molecule has 138 valence electrons. The van der Waals surface area contributed by atoms with Crippen LogP contribution in [-0.2, 0) is 0 Å². The Morgan fingerprint density at radius 1 is 1.19 bits per heavy atom. The molecule has 1 atom stereocenters. The van der Waals surface area contributed by atoms with Gasteiger partial charge in [-0.15, -0.1) is 0 Å². The van der Waals surface area contributed by atoms with Crippen LogP contribution in [-0.4, -0.2) is 47.7 Å². The van der Waals surface area contributed by atoms with Crippen LogP contribution in [0, 0.1) is 0 Å². The lowest BCUT2D eigenvalue weighted by Crippen LogP contribution is -2.48. The van der Waals surface area contributed by atoms with Gasteiger partial charge in [-0.1, -0.05) is 47.6 Å². The van der Waals surface area contributed by atoms with E-state index >= 15 is 0 Å². The third kappa shape index (κ3) is 3.41. The third-order valence-electron chi connectivity index (χ3n) is 4.60. The minimum atomic E-state index is -0.332. The highest BCUT2D eigenvalue weighted by Gasteiger charge is 2.33. The van der Waals surface area contributed by atoms with E-state index in [1.165, 1.54) is 0 Å². The standard InChI is InChI=1S/C20H20N4O3/c1-26-17-10-6-5-9-15(17)20(25)24-12-11-21-13-16(24)19-22-18(23-27-19)14-7-3-2-4-8-14/h2-10,16,21H,11-13H2,1H3. The number of ether oxygens (including phenoxy) is 1. The lowest BCUT2D eigenvalue weighted by molar-refractivity contribution is 0.0586. The van der Waals surface area contributed by atoms with Crippen LogP contribution < -0.4 is 10.1 Å². The molecule has 0 bridgehead atoms. The van der Waals surface area contributed by atoms with E-state index in [9.17, 15) is 4.79 Å². The van der Waals surface area contributed by atoms with E-state index < -0.39 is 0 Å². The van der Waals surface area contributed by atoms with Crippen molar-refractivity contribution in [1.82, 2.24) is 20.4 Å². The average Bonchev–Trinajstić information content (AvgIpc) is 3.24. The molecule has 0 spiro atoms. The number of hydrogen-bond acceptors (Lipinski definition) is 6. The molecule has 7 heteroatoms. The summed E-state index contributed by atoms with van der Waals surface area (Å²) >= 11 is 0. The number of piperazine rings is 1. The van der Waals surface area contributed by atoms with E-state index in [1.807, 2.05) is 42.5 Å². The van der Waals surface area contributed by atoms with Gasteiger partial charge < -0.3 is 19.5 Å². The fourth-order valence-electron chi connectivity index (χ4n) is 3.22. The molecule has 1 aromatic heterocycles. The third-order valence-corrected chi connectivity index (χ3v) is 4.60. The van der Waals surface area contributed by atoms with Gasteiger partial charge in [0.25, 0.3) is 11.8 Å². The lowest BCUT2D eigenvalue weighted by atomic mass is 10.1. The van der Waals surface area contributed by atoms with Gasteiger partial charge in [0.05, 0.1) is 12.7 Å². The number of aromatic nitrogens is 2. The molecule has 7 nitrogen and oxygen atoms in total. The maximum Gasteiger partial charge on any atom is 0.258 e. The van der Waals surface area contributed by atoms with Crippen molar-refractivity contribution in [1.29, 1.82) is 0 Å². The maximum absolute atomic E-state index is 13.2. The Morgan fingerprint density at radius 3 is 2.78 bits per heavy atom. The van der Waals surface area contributed by atoms with Gasteiger partial charge in [-0.25, -0.2) is 0 Å². The average molecular weight is 364 g/mol. The molecule has 1 N–H and O–H groups in total. The fraction of sp³-hybridized carbons (Fsp3) is 0.250. The number of hydrogen-bond donors (Lipinski definition) is 1. The highest BCUT2D eigenvalue weighted by molar-refractivity contribution is 5.97. The van der Waals surface area contributed by atoms with Gasteiger partial charge in [-0.05, 0) is 12.1 Å². The molecule has 27 heavy (non-hydrogen) atoms. The summed E-state index contributed by atoms with van der Waals surface area (Å²) in [5, 5.41) is 7.38. The normalized spacial score (nSPS) is 16.9. The van der Waals surface area contributed by atoms with E-state index in [0.717, 1.165) is 5.56 Å². The first-order chi connectivity index (χ1) is 13.3. The Bertz CT molecular complexity index is 926. The van der Waals surface area contributed by atoms with Crippen molar-refractivity contribution in [3.63, 3.8) is 0 Å². The van der Waals surface area contributed by atoms with Gasteiger partial charge in [-0.2, -0.15) is 4.98 Å². The van der Waals surface area contributed by atoms with Crippen LogP contribution in [0.25, 0.3) is 11.4 Å². The van der Waals surface area contributed by atoms with Crippen molar-refractivity contribution in [2.75, 3.05) is 26.7 Å². The number of rotatable bonds is 4. The number of carbonyl (C=O) groups is 1. The predicted octanol–water partition coefficient (Wildman–Crippen LogP) is 2.53. The number of methoxy groups -OCH3 is 1. The summed E-state index contributed by atoms with van der Waals surface area (Å²) in [6.45, 7) is 1.80. The number of nitrogens with zero attached hydrogens (tertiary/aromatic N) is 3. The fourth-order valence-corrected chi connectivity index (χ4v) is 3.22. The highest BCUT2D eigenvalue weighted by Crippen LogP contribution is 2.28. The summed E-state index contributed by atoms with van der Waals surface area (Å²) in [7, 11) is 1.56. The molecule has 0 radical (unpaired) electrons. The minimum absolute atomic E-state index is 0.113. The van der Waals surface area contributed by atoms with Crippen molar-refractivity contribution >= 4 is 5.91 Å². The summed E-state index contributed by atoms with van der Waals surface area (Å²) < 4.78 is 10.9. The molecule has 4 rings (SSSR count). The number of benzene rings is 2. The Labute approximate surface area is 156 Å². The summed E-state index contributed by atoms with van der Waals surface area (Å²) in [5.41, 5.74) is 1.40. The van der Waals surface area contributed by atoms with Crippen LogP contribution in [0.5, 0.6) is 5.75 Å². The molecule has 0 aliphatic carbocycles. The minimum Gasteiger partial charge on any atom is -0.496 e. The number of nitrogens with one attached hydrogen (secondary N) is 1. The molecule has 2 heterocycles. The van der Waals surface area contributed by atoms with E-state index in [4.69, 9.17) is 9.26 Å². The summed E-state index contributed by atoms with van der Waals surface area (Å²) in [6, 6.07) is 16.5. The largest absolute Gasteiger partial charge is 0.496 e. The number of amides is 1. The predicted molar refractivity (Wildman–Crippen MR) is 99.4 cm³/mol. The number of para-hydroxylation sites is 1. The highest BCUT2D eigenvalue weighted by atomic mass is 16.5. The molecule has 1 amide bonds. The monoisotopic (exact) mass is 364 g/mol. The first-order valence-corrected chi connectivity index (χ1v) is 8.81. The van der Waals surface area contributed by atoms with Crippen LogP contribution in [0.4, 0.5) is 0 Å². The van der Waals surface area contributed by atoms with Crippen molar-refractivity contribution < 1.29 is 14.1 Å². The zero-order chi connectivity index (χ0) is 18.6. The van der Waals surface area contributed by atoms with Gasteiger partial charge in [0.1, 0.15) is 11.8 Å². The topological polar surface area (TPSA) is 80.5 Å². The van der Waals surface area contributed by atoms with Gasteiger partial charge in [0.2, 0.25) is 5.82 Å². The van der Waals surface area contributed by atoms with Crippen LogP contribution in [0.2, 0.25) is 0 Å². The Balaban J connectivity index is 1.63. The summed E-state index contributed by atoms with van der Waals surface area (Å²) in [5.74, 6) is 1.37. The van der Waals surface area contributed by atoms with Gasteiger partial charge >= 0.3 is 0 Å². The zero-order valence-corrected chi connectivity index (χ0v) is 15.0. The second-order valence-corrected chi connectivity index (χ2v) is 6.24. The second kappa shape index (κ2) is 7.59. The molecule has 0 saturated carbocycles. The lowest BCUT2D eigenvalue weighted by Gasteiger charge is -2.34. The smallest absolute Gasteiger partial charge is 0.258 e. The van der Waals surface area contributed by atoms with Crippen molar-refractivity contribution in [3.8, 4) is 17.1 Å². The van der Waals surface area contributed by atoms with Crippen LogP contribution in [0.1, 0.15) is 22.3 Å². The van der Waals surface area contributed by atoms with Crippen LogP contribution in [0.3, 0.4) is 0 Å². The summed E-state index contributed by atoms with van der Waals surface area (Å²) in [4.78, 5) is 19.5. The molecule has 1 saturated heterocycles. The van der Waals surface area contributed by atoms with Crippen LogP contribution >= 0.6 is 0 Å². The SMILES string of the molecule is COc1ccccc1C(=O)N1CCNCC1c1nc(-c2ccccc2)no1. The van der Waals surface area contributed by atoms with E-state index in [1.54, 1.807) is 24.1 Å². The van der Waals surface area contributed by atoms with Crippen molar-refractivity contribution in [3.05, 3.63) is 66.1 Å². The molecule has 1 aliphatic heterocycles. The molecule has 1 fully saturated rings. The van der Waals surface area contributed by atoms with E-state index in [2.05, 4.69) is 15.5 Å². The van der Waals surface area contributed by atoms with Gasteiger partial charge in [-0.3, -0.25) is 4.79 Å². The summed E-state index contributed by atoms with van der Waals surface area (Å²) in [6.07, 6.45) is 0.